The molecule has 2 heteroatoms. The van der Waals surface area contributed by atoms with Crippen molar-refractivity contribution in [2.24, 2.45) is 0 Å². The van der Waals surface area contributed by atoms with Crippen LogP contribution in [0.15, 0.2) is 18.3 Å². The summed E-state index contributed by atoms with van der Waals surface area (Å²) in [6.45, 7) is 6.50. The van der Waals surface area contributed by atoms with Gasteiger partial charge in [-0.25, -0.2) is 0 Å². The van der Waals surface area contributed by atoms with E-state index in [0.29, 0.717) is 10.7 Å². The summed E-state index contributed by atoms with van der Waals surface area (Å²) in [5.41, 5.74) is 2.47. The second-order valence-corrected chi connectivity index (χ2v) is 4.65. The van der Waals surface area contributed by atoms with Crippen molar-refractivity contribution < 1.29 is 0 Å². The molecule has 1 aromatic rings. The highest BCUT2D eigenvalue weighted by Crippen LogP contribution is 2.25. The SMILES string of the molecule is CCC(Br)C(C)c1cc(C)ccn1. The molecular weight excluding hydrogens is 226 g/mol. The third-order valence-electron chi connectivity index (χ3n) is 2.34. The highest BCUT2D eigenvalue weighted by molar-refractivity contribution is 9.09. The minimum Gasteiger partial charge on any atom is -0.261 e. The Bertz CT molecular complexity index is 273. The fourth-order valence-corrected chi connectivity index (χ4v) is 1.62. The number of aromatic nitrogens is 1. The number of rotatable bonds is 3. The fraction of sp³-hybridized carbons (Fsp3) is 0.545. The van der Waals surface area contributed by atoms with E-state index in [2.05, 4.69) is 47.8 Å². The Morgan fingerprint density at radius 1 is 1.54 bits per heavy atom. The van der Waals surface area contributed by atoms with E-state index in [1.54, 1.807) is 0 Å². The van der Waals surface area contributed by atoms with Gasteiger partial charge in [-0.3, -0.25) is 4.98 Å². The molecule has 0 amide bonds. The lowest BCUT2D eigenvalue weighted by atomic mass is 10.0. The molecule has 0 aromatic carbocycles. The molecule has 0 N–H and O–H groups in total. The highest BCUT2D eigenvalue weighted by atomic mass is 79.9. The maximum atomic E-state index is 4.38. The second-order valence-electron chi connectivity index (χ2n) is 3.47. The van der Waals surface area contributed by atoms with Gasteiger partial charge in [-0.1, -0.05) is 29.8 Å². The maximum absolute atomic E-state index is 4.38. The Labute approximate surface area is 88.7 Å². The molecular formula is C11H16BrN. The molecule has 0 radical (unpaired) electrons. The number of hydrogen-bond donors (Lipinski definition) is 0. The van der Waals surface area contributed by atoms with E-state index in [-0.39, 0.29) is 0 Å². The van der Waals surface area contributed by atoms with Gasteiger partial charge in [0.2, 0.25) is 0 Å². The average Bonchev–Trinajstić information content (AvgIpc) is 2.15. The summed E-state index contributed by atoms with van der Waals surface area (Å²) >= 11 is 3.66. The van der Waals surface area contributed by atoms with Crippen molar-refractivity contribution in [3.8, 4) is 0 Å². The Balaban J connectivity index is 2.82. The van der Waals surface area contributed by atoms with Gasteiger partial charge < -0.3 is 0 Å². The highest BCUT2D eigenvalue weighted by Gasteiger charge is 2.14. The van der Waals surface area contributed by atoms with Crippen LogP contribution in [0.4, 0.5) is 0 Å². The molecule has 2 atom stereocenters. The molecule has 1 aromatic heterocycles. The summed E-state index contributed by atoms with van der Waals surface area (Å²) in [5, 5.41) is 0. The number of alkyl halides is 1. The zero-order chi connectivity index (χ0) is 9.84. The number of hydrogen-bond acceptors (Lipinski definition) is 1. The van der Waals surface area contributed by atoms with E-state index in [1.165, 1.54) is 11.3 Å². The smallest absolute Gasteiger partial charge is 0.0445 e. The van der Waals surface area contributed by atoms with Gasteiger partial charge in [0.05, 0.1) is 0 Å². The van der Waals surface area contributed by atoms with Crippen molar-refractivity contribution in [1.82, 2.24) is 4.98 Å². The molecule has 2 unspecified atom stereocenters. The number of nitrogens with zero attached hydrogens (tertiary/aromatic N) is 1. The van der Waals surface area contributed by atoms with E-state index in [9.17, 15) is 0 Å². The molecule has 0 fully saturated rings. The Kier molecular flexibility index (Phi) is 3.91. The predicted octanol–water partition coefficient (Wildman–Crippen LogP) is 3.67. The molecule has 0 saturated heterocycles. The summed E-state index contributed by atoms with van der Waals surface area (Å²) in [5.74, 6) is 0.491. The molecule has 1 heterocycles. The zero-order valence-electron chi connectivity index (χ0n) is 8.42. The van der Waals surface area contributed by atoms with Gasteiger partial charge in [-0.15, -0.1) is 0 Å². The Morgan fingerprint density at radius 3 is 2.77 bits per heavy atom. The largest absolute Gasteiger partial charge is 0.261 e. The minimum atomic E-state index is 0.491. The Morgan fingerprint density at radius 2 is 2.23 bits per heavy atom. The zero-order valence-corrected chi connectivity index (χ0v) is 10.0. The van der Waals surface area contributed by atoms with Gasteiger partial charge in [0.15, 0.2) is 0 Å². The molecule has 1 nitrogen and oxygen atoms in total. The van der Waals surface area contributed by atoms with Crippen LogP contribution in [0, 0.1) is 6.92 Å². The van der Waals surface area contributed by atoms with Crippen molar-refractivity contribution in [1.29, 1.82) is 0 Å². The topological polar surface area (TPSA) is 12.9 Å². The first-order valence-corrected chi connectivity index (χ1v) is 5.63. The molecule has 0 aliphatic heterocycles. The molecule has 0 spiro atoms. The third-order valence-corrected chi connectivity index (χ3v) is 3.78. The minimum absolute atomic E-state index is 0.491. The average molecular weight is 242 g/mol. The lowest BCUT2D eigenvalue weighted by Gasteiger charge is -2.16. The van der Waals surface area contributed by atoms with Crippen LogP contribution in [-0.2, 0) is 0 Å². The second kappa shape index (κ2) is 4.75. The number of halogens is 1. The standard InChI is InChI=1S/C11H16BrN/c1-4-10(12)9(3)11-7-8(2)5-6-13-11/h5-7,9-10H,4H2,1-3H3. The Hall–Kier alpha value is -0.370. The van der Waals surface area contributed by atoms with Crippen molar-refractivity contribution in [2.45, 2.75) is 37.9 Å². The summed E-state index contributed by atoms with van der Waals surface area (Å²) in [6, 6.07) is 4.19. The molecule has 1 rings (SSSR count). The van der Waals surface area contributed by atoms with Gasteiger partial charge in [0, 0.05) is 22.6 Å². The van der Waals surface area contributed by atoms with Crippen LogP contribution in [0.1, 0.15) is 37.4 Å². The van der Waals surface area contributed by atoms with E-state index in [4.69, 9.17) is 0 Å². The molecule has 0 saturated carbocycles. The molecule has 0 bridgehead atoms. The van der Waals surface area contributed by atoms with Gasteiger partial charge in [-0.2, -0.15) is 0 Å². The fourth-order valence-electron chi connectivity index (χ4n) is 1.35. The lowest BCUT2D eigenvalue weighted by Crippen LogP contribution is -2.09. The predicted molar refractivity (Wildman–Crippen MR) is 60.4 cm³/mol. The molecule has 72 valence electrons. The first-order valence-electron chi connectivity index (χ1n) is 4.71. The molecule has 0 aliphatic rings. The van der Waals surface area contributed by atoms with E-state index in [0.717, 1.165) is 6.42 Å². The van der Waals surface area contributed by atoms with Crippen LogP contribution >= 0.6 is 15.9 Å². The van der Waals surface area contributed by atoms with E-state index in [1.807, 2.05) is 12.3 Å². The van der Waals surface area contributed by atoms with Crippen LogP contribution in [-0.4, -0.2) is 9.81 Å². The van der Waals surface area contributed by atoms with Gasteiger partial charge in [0.25, 0.3) is 0 Å². The van der Waals surface area contributed by atoms with Gasteiger partial charge in [0.1, 0.15) is 0 Å². The van der Waals surface area contributed by atoms with E-state index >= 15 is 0 Å². The normalized spacial score (nSPS) is 15.4. The summed E-state index contributed by atoms with van der Waals surface area (Å²) < 4.78 is 0. The van der Waals surface area contributed by atoms with E-state index < -0.39 is 0 Å². The summed E-state index contributed by atoms with van der Waals surface area (Å²) in [7, 11) is 0. The van der Waals surface area contributed by atoms with Crippen LogP contribution in [0.2, 0.25) is 0 Å². The monoisotopic (exact) mass is 241 g/mol. The first kappa shape index (κ1) is 10.7. The number of aryl methyl sites for hydroxylation is 1. The van der Waals surface area contributed by atoms with Crippen LogP contribution in [0.3, 0.4) is 0 Å². The summed E-state index contributed by atoms with van der Waals surface area (Å²) in [6.07, 6.45) is 3.02. The summed E-state index contributed by atoms with van der Waals surface area (Å²) in [4.78, 5) is 4.91. The van der Waals surface area contributed by atoms with Crippen LogP contribution < -0.4 is 0 Å². The van der Waals surface area contributed by atoms with Crippen molar-refractivity contribution in [3.05, 3.63) is 29.6 Å². The van der Waals surface area contributed by atoms with Crippen molar-refractivity contribution in [3.63, 3.8) is 0 Å². The first-order chi connectivity index (χ1) is 6.15. The number of pyridine rings is 1. The maximum Gasteiger partial charge on any atom is 0.0445 e. The quantitative estimate of drug-likeness (QED) is 0.737. The van der Waals surface area contributed by atoms with Crippen molar-refractivity contribution in [2.75, 3.05) is 0 Å². The van der Waals surface area contributed by atoms with Crippen LogP contribution in [0.5, 0.6) is 0 Å². The van der Waals surface area contributed by atoms with Gasteiger partial charge in [-0.05, 0) is 31.0 Å². The van der Waals surface area contributed by atoms with Crippen molar-refractivity contribution >= 4 is 15.9 Å². The third kappa shape index (κ3) is 2.80. The van der Waals surface area contributed by atoms with Gasteiger partial charge >= 0.3 is 0 Å². The molecule has 13 heavy (non-hydrogen) atoms. The van der Waals surface area contributed by atoms with Crippen LogP contribution in [0.25, 0.3) is 0 Å². The molecule has 0 aliphatic carbocycles. The lowest BCUT2D eigenvalue weighted by molar-refractivity contribution is 0.674.